The molecule has 0 bridgehead atoms. The molecule has 5 N–H and O–H groups in total. The molecule has 0 fully saturated rings. The minimum absolute atomic E-state index is 0.363. The molecule has 0 rings (SSSR count). The lowest BCUT2D eigenvalue weighted by molar-refractivity contribution is -0.132. The summed E-state index contributed by atoms with van der Waals surface area (Å²) in [7, 11) is 0. The van der Waals surface area contributed by atoms with Crippen molar-refractivity contribution in [2.24, 2.45) is 0 Å². The molecule has 0 aliphatic carbocycles. The van der Waals surface area contributed by atoms with E-state index in [1.54, 1.807) is 0 Å². The Morgan fingerprint density at radius 3 is 1.03 bits per heavy atom. The first-order chi connectivity index (χ1) is 31.5. The highest BCUT2D eigenvalue weighted by Gasteiger charge is 2.28. The standard InChI is InChI=1S/C58H111NO5/c1-3-5-7-9-11-13-15-17-19-21-23-24-25-26-27-28-29-30-31-32-33-34-36-38-40-42-44-46-48-50-52-56(62)58(64)59-54(53-60)57(63)55(61)51-49-47-45-43-41-39-37-35-22-20-18-16-14-12-10-8-6-4-2/h23-24,26-27,43,45,54-57,60-63H,3-22,25,28-42,44,46-53H2,1-2H3,(H,59,64)/b24-23-,27-26-,45-43+. The maximum absolute atomic E-state index is 12.6. The van der Waals surface area contributed by atoms with Gasteiger partial charge < -0.3 is 25.7 Å². The Labute approximate surface area is 398 Å². The third-order valence-electron chi connectivity index (χ3n) is 13.3. The van der Waals surface area contributed by atoms with Crippen LogP contribution in [0.1, 0.15) is 296 Å². The van der Waals surface area contributed by atoms with Crippen LogP contribution in [-0.4, -0.2) is 57.3 Å². The number of aliphatic hydroxyl groups is 4. The van der Waals surface area contributed by atoms with E-state index in [1.807, 2.05) is 0 Å². The lowest BCUT2D eigenvalue weighted by atomic mass is 10.00. The van der Waals surface area contributed by atoms with Gasteiger partial charge in [0.1, 0.15) is 12.2 Å². The van der Waals surface area contributed by atoms with E-state index >= 15 is 0 Å². The third-order valence-corrected chi connectivity index (χ3v) is 13.3. The number of nitrogens with one attached hydrogen (secondary N) is 1. The zero-order valence-corrected chi connectivity index (χ0v) is 42.8. The lowest BCUT2D eigenvalue weighted by Gasteiger charge is -2.27. The smallest absolute Gasteiger partial charge is 0.249 e. The van der Waals surface area contributed by atoms with E-state index in [1.165, 1.54) is 225 Å². The van der Waals surface area contributed by atoms with Crippen molar-refractivity contribution < 1.29 is 25.2 Å². The number of allylic oxidation sites excluding steroid dienone is 6. The van der Waals surface area contributed by atoms with E-state index in [4.69, 9.17) is 0 Å². The molecule has 0 aromatic carbocycles. The fourth-order valence-corrected chi connectivity index (χ4v) is 8.85. The molecule has 64 heavy (non-hydrogen) atoms. The topological polar surface area (TPSA) is 110 Å². The number of hydrogen-bond donors (Lipinski definition) is 5. The first-order valence-corrected chi connectivity index (χ1v) is 28.4. The van der Waals surface area contributed by atoms with Gasteiger partial charge in [-0.3, -0.25) is 4.79 Å². The number of unbranched alkanes of at least 4 members (excludes halogenated alkanes) is 37. The van der Waals surface area contributed by atoms with Crippen molar-refractivity contribution in [2.45, 2.75) is 321 Å². The number of aliphatic hydroxyl groups excluding tert-OH is 4. The summed E-state index contributed by atoms with van der Waals surface area (Å²) in [6.45, 7) is 4.07. The van der Waals surface area contributed by atoms with E-state index in [9.17, 15) is 25.2 Å². The molecular formula is C58H111NO5. The molecular weight excluding hydrogens is 791 g/mol. The SMILES string of the molecule is CCCCCCCCCCC/C=C\C/C=C\CCCCCCCCCCCCCCCCC(O)C(=O)NC(CO)C(O)C(O)CCC/C=C/CCCCCCCCCCCCCCC. The first kappa shape index (κ1) is 62.5. The monoisotopic (exact) mass is 902 g/mol. The molecule has 6 nitrogen and oxygen atoms in total. The van der Waals surface area contributed by atoms with Gasteiger partial charge in [0.2, 0.25) is 5.91 Å². The highest BCUT2D eigenvalue weighted by atomic mass is 16.3. The lowest BCUT2D eigenvalue weighted by Crippen LogP contribution is -2.53. The number of hydrogen-bond acceptors (Lipinski definition) is 5. The Morgan fingerprint density at radius 2 is 0.688 bits per heavy atom. The average Bonchev–Trinajstić information content (AvgIpc) is 3.30. The van der Waals surface area contributed by atoms with E-state index in [0.717, 1.165) is 44.9 Å². The highest BCUT2D eigenvalue weighted by molar-refractivity contribution is 5.80. The van der Waals surface area contributed by atoms with E-state index in [2.05, 4.69) is 55.6 Å². The zero-order chi connectivity index (χ0) is 46.7. The molecule has 0 saturated carbocycles. The quantitative estimate of drug-likeness (QED) is 0.0309. The molecule has 0 aromatic heterocycles. The molecule has 0 saturated heterocycles. The summed E-state index contributed by atoms with van der Waals surface area (Å²) in [6.07, 6.45) is 65.0. The highest BCUT2D eigenvalue weighted by Crippen LogP contribution is 2.17. The van der Waals surface area contributed by atoms with Gasteiger partial charge in [0, 0.05) is 0 Å². The van der Waals surface area contributed by atoms with Gasteiger partial charge in [0.25, 0.3) is 0 Å². The van der Waals surface area contributed by atoms with Crippen molar-refractivity contribution in [3.63, 3.8) is 0 Å². The van der Waals surface area contributed by atoms with Crippen LogP contribution in [0.4, 0.5) is 0 Å². The van der Waals surface area contributed by atoms with Crippen molar-refractivity contribution in [2.75, 3.05) is 6.61 Å². The van der Waals surface area contributed by atoms with Gasteiger partial charge in [-0.2, -0.15) is 0 Å². The molecule has 0 aliphatic rings. The average molecular weight is 903 g/mol. The largest absolute Gasteiger partial charge is 0.394 e. The molecule has 0 heterocycles. The van der Waals surface area contributed by atoms with E-state index in [0.29, 0.717) is 12.8 Å². The Balaban J connectivity index is 3.63. The summed E-state index contributed by atoms with van der Waals surface area (Å²) in [5, 5.41) is 43.9. The summed E-state index contributed by atoms with van der Waals surface area (Å²) in [5.41, 5.74) is 0. The third kappa shape index (κ3) is 45.7. The predicted molar refractivity (Wildman–Crippen MR) is 279 cm³/mol. The summed E-state index contributed by atoms with van der Waals surface area (Å²) >= 11 is 0. The van der Waals surface area contributed by atoms with Gasteiger partial charge in [-0.05, 0) is 70.6 Å². The zero-order valence-electron chi connectivity index (χ0n) is 42.8. The molecule has 0 spiro atoms. The maximum atomic E-state index is 12.6. The second-order valence-corrected chi connectivity index (χ2v) is 19.6. The van der Waals surface area contributed by atoms with Crippen LogP contribution in [-0.2, 0) is 4.79 Å². The molecule has 378 valence electrons. The molecule has 4 unspecified atom stereocenters. The Bertz CT molecular complexity index is 1010. The Morgan fingerprint density at radius 1 is 0.391 bits per heavy atom. The van der Waals surface area contributed by atoms with Crippen molar-refractivity contribution in [3.05, 3.63) is 36.5 Å². The summed E-state index contributed by atoms with van der Waals surface area (Å²) in [5.74, 6) is -0.591. The van der Waals surface area contributed by atoms with Gasteiger partial charge >= 0.3 is 0 Å². The number of carbonyl (C=O) groups is 1. The van der Waals surface area contributed by atoms with Crippen molar-refractivity contribution in [1.82, 2.24) is 5.32 Å². The van der Waals surface area contributed by atoms with Gasteiger partial charge in [-0.15, -0.1) is 0 Å². The Hall–Kier alpha value is -1.47. The van der Waals surface area contributed by atoms with Gasteiger partial charge in [-0.1, -0.05) is 262 Å². The van der Waals surface area contributed by atoms with Crippen molar-refractivity contribution >= 4 is 5.91 Å². The molecule has 0 aromatic rings. The van der Waals surface area contributed by atoms with Crippen LogP contribution in [0.25, 0.3) is 0 Å². The molecule has 1 amide bonds. The van der Waals surface area contributed by atoms with Crippen LogP contribution in [0, 0.1) is 0 Å². The summed E-state index contributed by atoms with van der Waals surface area (Å²) < 4.78 is 0. The van der Waals surface area contributed by atoms with Gasteiger partial charge in [-0.25, -0.2) is 0 Å². The minimum atomic E-state index is -1.28. The van der Waals surface area contributed by atoms with Crippen LogP contribution >= 0.6 is 0 Å². The minimum Gasteiger partial charge on any atom is -0.394 e. The maximum Gasteiger partial charge on any atom is 0.249 e. The van der Waals surface area contributed by atoms with Crippen LogP contribution < -0.4 is 5.32 Å². The van der Waals surface area contributed by atoms with Crippen molar-refractivity contribution in [1.29, 1.82) is 0 Å². The number of carbonyl (C=O) groups excluding carboxylic acids is 1. The molecule has 0 aliphatic heterocycles. The van der Waals surface area contributed by atoms with Crippen LogP contribution in [0.3, 0.4) is 0 Å². The van der Waals surface area contributed by atoms with Crippen molar-refractivity contribution in [3.8, 4) is 0 Å². The first-order valence-electron chi connectivity index (χ1n) is 28.4. The second-order valence-electron chi connectivity index (χ2n) is 19.6. The normalized spacial score (nSPS) is 14.0. The van der Waals surface area contributed by atoms with Crippen LogP contribution in [0.2, 0.25) is 0 Å². The Kier molecular flexibility index (Phi) is 51.3. The van der Waals surface area contributed by atoms with Gasteiger partial charge in [0.15, 0.2) is 0 Å². The fourth-order valence-electron chi connectivity index (χ4n) is 8.85. The fraction of sp³-hybridized carbons (Fsp3) is 0.879. The molecule has 6 heteroatoms. The number of amides is 1. The van der Waals surface area contributed by atoms with Gasteiger partial charge in [0.05, 0.1) is 18.8 Å². The van der Waals surface area contributed by atoms with Crippen LogP contribution in [0.15, 0.2) is 36.5 Å². The number of rotatable bonds is 52. The summed E-state index contributed by atoms with van der Waals surface area (Å²) in [4.78, 5) is 12.6. The van der Waals surface area contributed by atoms with E-state index < -0.39 is 36.9 Å². The van der Waals surface area contributed by atoms with Crippen LogP contribution in [0.5, 0.6) is 0 Å². The molecule has 4 atom stereocenters. The second kappa shape index (κ2) is 52.5. The van der Waals surface area contributed by atoms with E-state index in [-0.39, 0.29) is 0 Å². The predicted octanol–water partition coefficient (Wildman–Crippen LogP) is 16.4. The molecule has 0 radical (unpaired) electrons. The summed E-state index contributed by atoms with van der Waals surface area (Å²) in [6, 6.07) is -1.00.